The zero-order chi connectivity index (χ0) is 33.1. The number of carbonyl (C=O) groups excluding carboxylic acids is 1. The maximum atomic E-state index is 13.0. The molecule has 0 spiro atoms. The predicted octanol–water partition coefficient (Wildman–Crippen LogP) is 9.92. The molecule has 1 aromatic heterocycles. The highest BCUT2D eigenvalue weighted by atomic mass is 16.6. The van der Waals surface area contributed by atoms with Crippen molar-refractivity contribution in [2.75, 3.05) is 6.61 Å². The molecule has 3 fully saturated rings. The molecule has 0 aliphatic heterocycles. The molecule has 1 heterocycles. The summed E-state index contributed by atoms with van der Waals surface area (Å²) in [6.45, 7) is 14.2. The Balaban J connectivity index is 0.966. The van der Waals surface area contributed by atoms with Crippen molar-refractivity contribution in [3.8, 4) is 5.75 Å². The summed E-state index contributed by atoms with van der Waals surface area (Å²) < 4.78 is 17.7. The van der Waals surface area contributed by atoms with Gasteiger partial charge in [-0.25, -0.2) is 9.59 Å². The SMILES string of the molecule is Cc1c(OCC(=O)O[C@H]2CC[C@@]3(C)C(=CC[C@H]4[C@@H]5CC[C@H]([C@H](C)CCCC(C)C)[C@@]5(C)CC[C@@H]43)C2)ccc2c3c(c(=O)oc12)CCC3. The van der Waals surface area contributed by atoms with E-state index in [0.717, 1.165) is 96.1 Å². The van der Waals surface area contributed by atoms with Crippen LogP contribution < -0.4 is 10.4 Å². The van der Waals surface area contributed by atoms with E-state index in [2.05, 4.69) is 40.7 Å². The van der Waals surface area contributed by atoms with E-state index >= 15 is 0 Å². The van der Waals surface area contributed by atoms with Crippen molar-refractivity contribution in [2.45, 2.75) is 138 Å². The van der Waals surface area contributed by atoms with E-state index in [4.69, 9.17) is 13.9 Å². The van der Waals surface area contributed by atoms with Crippen LogP contribution in [0.25, 0.3) is 11.0 Å². The largest absolute Gasteiger partial charge is 0.481 e. The van der Waals surface area contributed by atoms with Crippen LogP contribution in [-0.4, -0.2) is 18.7 Å². The third-order valence-electron chi connectivity index (χ3n) is 14.2. The van der Waals surface area contributed by atoms with Crippen LogP contribution in [0.1, 0.15) is 128 Å². The fourth-order valence-corrected chi connectivity index (χ4v) is 11.7. The first-order chi connectivity index (χ1) is 22.5. The van der Waals surface area contributed by atoms with Gasteiger partial charge in [0.2, 0.25) is 0 Å². The lowest BCUT2D eigenvalue weighted by molar-refractivity contribution is -0.153. The minimum absolute atomic E-state index is 0.0864. The number of fused-ring (bicyclic) bond motifs is 8. The molecule has 5 heteroatoms. The normalized spacial score (nSPS) is 33.5. The fraction of sp³-hybridized carbons (Fsp3) is 0.714. The van der Waals surface area contributed by atoms with Crippen molar-refractivity contribution in [3.63, 3.8) is 0 Å². The lowest BCUT2D eigenvalue weighted by Crippen LogP contribution is -2.51. The molecule has 0 saturated heterocycles. The summed E-state index contributed by atoms with van der Waals surface area (Å²) in [5.74, 6) is 5.19. The van der Waals surface area contributed by atoms with Crippen molar-refractivity contribution in [2.24, 2.45) is 46.3 Å². The highest BCUT2D eigenvalue weighted by Gasteiger charge is 2.59. The Morgan fingerprint density at radius 3 is 2.62 bits per heavy atom. The zero-order valence-corrected chi connectivity index (χ0v) is 29.9. The molecule has 0 N–H and O–H groups in total. The molecule has 5 aliphatic rings. The van der Waals surface area contributed by atoms with Crippen LogP contribution >= 0.6 is 0 Å². The topological polar surface area (TPSA) is 65.7 Å². The maximum Gasteiger partial charge on any atom is 0.344 e. The third-order valence-corrected chi connectivity index (χ3v) is 14.2. The Labute approximate surface area is 282 Å². The van der Waals surface area contributed by atoms with Crippen molar-refractivity contribution in [3.05, 3.63) is 50.9 Å². The van der Waals surface area contributed by atoms with Crippen LogP contribution in [0.5, 0.6) is 5.75 Å². The Morgan fingerprint density at radius 2 is 1.81 bits per heavy atom. The Bertz CT molecular complexity index is 1600. The van der Waals surface area contributed by atoms with Crippen molar-refractivity contribution in [1.82, 2.24) is 0 Å². The van der Waals surface area contributed by atoms with Crippen LogP contribution in [0.15, 0.2) is 33.0 Å². The van der Waals surface area contributed by atoms with E-state index in [0.29, 0.717) is 16.7 Å². The van der Waals surface area contributed by atoms with Gasteiger partial charge >= 0.3 is 11.6 Å². The summed E-state index contributed by atoms with van der Waals surface area (Å²) >= 11 is 0. The van der Waals surface area contributed by atoms with E-state index in [1.54, 1.807) is 0 Å². The average Bonchev–Trinajstić information content (AvgIpc) is 3.67. The van der Waals surface area contributed by atoms with Gasteiger partial charge in [0.15, 0.2) is 6.61 Å². The number of allylic oxidation sites excluding steroid dienone is 1. The third kappa shape index (κ3) is 5.80. The molecule has 0 unspecified atom stereocenters. The number of carbonyl (C=O) groups is 1. The molecule has 7 rings (SSSR count). The summed E-state index contributed by atoms with van der Waals surface area (Å²) in [4.78, 5) is 25.6. The van der Waals surface area contributed by atoms with Crippen molar-refractivity contribution < 1.29 is 18.7 Å². The molecule has 0 radical (unpaired) electrons. The molecule has 47 heavy (non-hydrogen) atoms. The van der Waals surface area contributed by atoms with Gasteiger partial charge in [-0.3, -0.25) is 0 Å². The van der Waals surface area contributed by atoms with Gasteiger partial charge < -0.3 is 13.9 Å². The molecule has 2 aromatic rings. The summed E-state index contributed by atoms with van der Waals surface area (Å²) in [6.07, 6.45) is 19.0. The molecular weight excluding hydrogens is 584 g/mol. The van der Waals surface area contributed by atoms with Crippen molar-refractivity contribution in [1.29, 1.82) is 0 Å². The van der Waals surface area contributed by atoms with Gasteiger partial charge in [-0.15, -0.1) is 0 Å². The second kappa shape index (κ2) is 12.7. The highest BCUT2D eigenvalue weighted by molar-refractivity contribution is 5.86. The van der Waals surface area contributed by atoms with Crippen molar-refractivity contribution >= 4 is 16.9 Å². The molecule has 1 aromatic carbocycles. The molecule has 8 atom stereocenters. The Morgan fingerprint density at radius 1 is 1.00 bits per heavy atom. The van der Waals surface area contributed by atoms with Gasteiger partial charge in [-0.2, -0.15) is 0 Å². The molecule has 5 aliphatic carbocycles. The van der Waals surface area contributed by atoms with Gasteiger partial charge in [-0.1, -0.05) is 65.5 Å². The summed E-state index contributed by atoms with van der Waals surface area (Å²) in [5.41, 5.74) is 5.28. The maximum absolute atomic E-state index is 13.0. The van der Waals surface area contributed by atoms with Crippen LogP contribution in [-0.2, 0) is 22.4 Å². The van der Waals surface area contributed by atoms with Gasteiger partial charge in [0, 0.05) is 22.9 Å². The van der Waals surface area contributed by atoms with Gasteiger partial charge in [0.25, 0.3) is 0 Å². The van der Waals surface area contributed by atoms with Crippen LogP contribution in [0.2, 0.25) is 0 Å². The minimum atomic E-state index is -0.323. The fourth-order valence-electron chi connectivity index (χ4n) is 11.7. The van der Waals surface area contributed by atoms with Gasteiger partial charge in [0.05, 0.1) is 0 Å². The molecule has 0 bridgehead atoms. The van der Waals surface area contributed by atoms with E-state index in [1.165, 1.54) is 56.9 Å². The number of rotatable bonds is 9. The number of hydrogen-bond acceptors (Lipinski definition) is 5. The first kappa shape index (κ1) is 33.0. The van der Waals surface area contributed by atoms with Crippen LogP contribution in [0, 0.1) is 53.3 Å². The number of ether oxygens (including phenoxy) is 2. The smallest absolute Gasteiger partial charge is 0.344 e. The number of benzene rings is 1. The van der Waals surface area contributed by atoms with Gasteiger partial charge in [0.1, 0.15) is 17.4 Å². The minimum Gasteiger partial charge on any atom is -0.481 e. The lowest BCUT2D eigenvalue weighted by Gasteiger charge is -2.58. The van der Waals surface area contributed by atoms with E-state index in [9.17, 15) is 9.59 Å². The number of esters is 1. The second-order valence-corrected chi connectivity index (χ2v) is 17.2. The molecule has 3 saturated carbocycles. The predicted molar refractivity (Wildman–Crippen MR) is 188 cm³/mol. The Kier molecular flexibility index (Phi) is 8.92. The van der Waals surface area contributed by atoms with E-state index < -0.39 is 0 Å². The average molecular weight is 643 g/mol. The first-order valence-electron chi connectivity index (χ1n) is 19.1. The summed E-state index contributed by atoms with van der Waals surface area (Å²) in [6, 6.07) is 3.86. The molecule has 0 amide bonds. The quantitative estimate of drug-likeness (QED) is 0.155. The number of aryl methyl sites for hydroxylation is 2. The van der Waals surface area contributed by atoms with Crippen LogP contribution in [0.4, 0.5) is 0 Å². The van der Waals surface area contributed by atoms with Gasteiger partial charge in [-0.05, 0) is 135 Å². The lowest BCUT2D eigenvalue weighted by atomic mass is 9.47. The standard InChI is InChI=1S/C42H58O5/c1-25(2)9-7-10-26(3)34-16-17-35-33-14-13-28-23-29(19-21-41(28,5)36(33)20-22-42(34,35)6)46-38(43)24-45-37-18-15-31-30-11-8-12-32(30)40(44)47-39(31)27(37)4/h13,15,18,25-26,29,33-36H,7-12,14,16-17,19-24H2,1-6H3/t26-,29+,33+,34-,35+,36+,41+,42-/m1/s1. The monoisotopic (exact) mass is 642 g/mol. The molecule has 256 valence electrons. The second-order valence-electron chi connectivity index (χ2n) is 17.2. The summed E-state index contributed by atoms with van der Waals surface area (Å²) in [5, 5.41) is 0.986. The first-order valence-corrected chi connectivity index (χ1v) is 19.1. The summed E-state index contributed by atoms with van der Waals surface area (Å²) in [7, 11) is 0. The number of hydrogen-bond donors (Lipinski definition) is 0. The molecular formula is C42H58O5. The van der Waals surface area contributed by atoms with E-state index in [1.807, 2.05) is 19.1 Å². The zero-order valence-electron chi connectivity index (χ0n) is 29.9. The van der Waals surface area contributed by atoms with E-state index in [-0.39, 0.29) is 29.7 Å². The highest BCUT2D eigenvalue weighted by Crippen LogP contribution is 2.67. The molecule has 5 nitrogen and oxygen atoms in total. The Hall–Kier alpha value is -2.56. The van der Waals surface area contributed by atoms with Crippen LogP contribution in [0.3, 0.4) is 0 Å².